The first kappa shape index (κ1) is 11.2. The normalized spacial score (nSPS) is 17.2. The number of nitrogens with one attached hydrogen (secondary N) is 1. The Morgan fingerprint density at radius 1 is 1.56 bits per heavy atom. The number of pyridine rings is 1. The Kier molecular flexibility index (Phi) is 2.53. The minimum absolute atomic E-state index is 0.119. The summed E-state index contributed by atoms with van der Waals surface area (Å²) in [6.07, 6.45) is 0.726. The van der Waals surface area contributed by atoms with Crippen molar-refractivity contribution in [2.75, 3.05) is 0 Å². The van der Waals surface area contributed by atoms with Crippen LogP contribution in [0.15, 0.2) is 23.0 Å². The molecule has 2 heterocycles. The van der Waals surface area contributed by atoms with Gasteiger partial charge in [-0.3, -0.25) is 4.79 Å². The van der Waals surface area contributed by atoms with Crippen LogP contribution in [-0.2, 0) is 6.42 Å². The minimum Gasteiger partial charge on any atom is -0.477 e. The summed E-state index contributed by atoms with van der Waals surface area (Å²) in [6, 6.07) is 5.29. The van der Waals surface area contributed by atoms with Gasteiger partial charge in [0.25, 0.3) is 0 Å². The van der Waals surface area contributed by atoms with Gasteiger partial charge in [-0.25, -0.2) is 0 Å². The molecule has 2 aromatic rings. The standard InChI is InChI=1S/C13H10N2O2S/c1-7-4-8-5-11(18-6-14)17-13(8)9-2-3-10(16)15-12(7)9/h2-4,11H,5H2,1H3,(H,15,16). The number of rotatable bonds is 1. The first-order valence-electron chi connectivity index (χ1n) is 5.56. The second kappa shape index (κ2) is 4.07. The number of thioether (sulfide) groups is 1. The fraction of sp³-hybridized carbons (Fsp3) is 0.231. The highest BCUT2D eigenvalue weighted by Crippen LogP contribution is 2.39. The van der Waals surface area contributed by atoms with Gasteiger partial charge in [0.15, 0.2) is 5.44 Å². The number of aromatic amines is 1. The molecule has 0 bridgehead atoms. The van der Waals surface area contributed by atoms with Crippen molar-refractivity contribution in [1.29, 1.82) is 5.26 Å². The van der Waals surface area contributed by atoms with Crippen LogP contribution in [0.2, 0.25) is 0 Å². The average molecular weight is 258 g/mol. The first-order valence-corrected chi connectivity index (χ1v) is 6.44. The fourth-order valence-corrected chi connectivity index (χ4v) is 2.84. The molecule has 18 heavy (non-hydrogen) atoms. The van der Waals surface area contributed by atoms with Gasteiger partial charge in [-0.05, 0) is 35.9 Å². The summed E-state index contributed by atoms with van der Waals surface area (Å²) in [4.78, 5) is 14.2. The zero-order chi connectivity index (χ0) is 12.7. The summed E-state index contributed by atoms with van der Waals surface area (Å²) in [5.74, 6) is 0.791. The molecular weight excluding hydrogens is 248 g/mol. The molecule has 4 nitrogen and oxygen atoms in total. The maximum absolute atomic E-state index is 11.4. The van der Waals surface area contributed by atoms with Gasteiger partial charge in [-0.2, -0.15) is 5.26 Å². The van der Waals surface area contributed by atoms with E-state index in [4.69, 9.17) is 10.00 Å². The summed E-state index contributed by atoms with van der Waals surface area (Å²) in [7, 11) is 0. The summed E-state index contributed by atoms with van der Waals surface area (Å²) in [5, 5.41) is 11.7. The lowest BCUT2D eigenvalue weighted by Gasteiger charge is -2.08. The number of nitrogens with zero attached hydrogens (tertiary/aromatic N) is 1. The van der Waals surface area contributed by atoms with Crippen LogP contribution in [0.1, 0.15) is 11.1 Å². The summed E-state index contributed by atoms with van der Waals surface area (Å²) in [6.45, 7) is 1.96. The van der Waals surface area contributed by atoms with Crippen LogP contribution in [0.3, 0.4) is 0 Å². The van der Waals surface area contributed by atoms with Crippen LogP contribution < -0.4 is 10.3 Å². The molecule has 1 N–H and O–H groups in total. The van der Waals surface area contributed by atoms with E-state index >= 15 is 0 Å². The van der Waals surface area contributed by atoms with Gasteiger partial charge < -0.3 is 9.72 Å². The lowest BCUT2D eigenvalue weighted by Crippen LogP contribution is -2.06. The van der Waals surface area contributed by atoms with Crippen molar-refractivity contribution in [2.45, 2.75) is 18.8 Å². The van der Waals surface area contributed by atoms with E-state index in [9.17, 15) is 4.79 Å². The Hall–Kier alpha value is -1.93. The molecule has 1 atom stereocenters. The number of nitriles is 1. The van der Waals surface area contributed by atoms with Gasteiger partial charge in [0.2, 0.25) is 5.56 Å². The maximum atomic E-state index is 11.4. The maximum Gasteiger partial charge on any atom is 0.248 e. The van der Waals surface area contributed by atoms with Crippen molar-refractivity contribution in [3.05, 3.63) is 39.7 Å². The number of aryl methyl sites for hydroxylation is 1. The summed E-state index contributed by atoms with van der Waals surface area (Å²) >= 11 is 1.12. The SMILES string of the molecule is Cc1cc2c(c3ccc(=O)[nH]c13)OC(SC#N)C2. The number of fused-ring (bicyclic) bond motifs is 3. The number of aromatic nitrogens is 1. The van der Waals surface area contributed by atoms with Gasteiger partial charge in [0.05, 0.1) is 5.52 Å². The summed E-state index contributed by atoms with van der Waals surface area (Å²) < 4.78 is 5.77. The second-order valence-corrected chi connectivity index (χ2v) is 5.20. The van der Waals surface area contributed by atoms with Crippen molar-refractivity contribution in [1.82, 2.24) is 4.98 Å². The molecule has 3 rings (SSSR count). The van der Waals surface area contributed by atoms with E-state index in [2.05, 4.69) is 10.4 Å². The van der Waals surface area contributed by atoms with Gasteiger partial charge in [-0.1, -0.05) is 6.07 Å². The Bertz CT molecular complexity index is 730. The van der Waals surface area contributed by atoms with Crippen molar-refractivity contribution in [2.24, 2.45) is 0 Å². The van der Waals surface area contributed by atoms with Gasteiger partial charge in [0.1, 0.15) is 11.2 Å². The number of H-pyrrole nitrogens is 1. The summed E-state index contributed by atoms with van der Waals surface area (Å²) in [5.41, 5.74) is 2.66. The molecular formula is C13H10N2O2S. The van der Waals surface area contributed by atoms with Crippen LogP contribution >= 0.6 is 11.8 Å². The topological polar surface area (TPSA) is 65.9 Å². The lowest BCUT2D eigenvalue weighted by molar-refractivity contribution is 0.327. The Labute approximate surface area is 108 Å². The predicted octanol–water partition coefficient (Wildman–Crippen LogP) is 2.31. The molecule has 0 amide bonds. The Morgan fingerprint density at radius 3 is 3.17 bits per heavy atom. The number of hydrogen-bond donors (Lipinski definition) is 1. The number of ether oxygens (including phenoxy) is 1. The number of hydrogen-bond acceptors (Lipinski definition) is 4. The van der Waals surface area contributed by atoms with Crippen molar-refractivity contribution in [3.8, 4) is 11.2 Å². The Balaban J connectivity index is 2.21. The monoisotopic (exact) mass is 258 g/mol. The molecule has 1 aliphatic heterocycles. The third-order valence-corrected chi connectivity index (χ3v) is 3.69. The molecule has 0 radical (unpaired) electrons. The highest BCUT2D eigenvalue weighted by molar-refractivity contribution is 8.04. The molecule has 1 aromatic heterocycles. The highest BCUT2D eigenvalue weighted by atomic mass is 32.2. The van der Waals surface area contributed by atoms with Gasteiger partial charge in [0, 0.05) is 17.9 Å². The molecule has 5 heteroatoms. The van der Waals surface area contributed by atoms with E-state index in [0.29, 0.717) is 0 Å². The van der Waals surface area contributed by atoms with E-state index in [1.807, 2.05) is 13.0 Å². The average Bonchev–Trinajstić information content (AvgIpc) is 2.72. The van der Waals surface area contributed by atoms with Crippen molar-refractivity contribution in [3.63, 3.8) is 0 Å². The molecule has 90 valence electrons. The molecule has 1 unspecified atom stereocenters. The second-order valence-electron chi connectivity index (χ2n) is 4.25. The number of thiocyanates is 1. The van der Waals surface area contributed by atoms with E-state index in [0.717, 1.165) is 46.0 Å². The largest absolute Gasteiger partial charge is 0.477 e. The van der Waals surface area contributed by atoms with Crippen LogP contribution in [0.5, 0.6) is 5.75 Å². The fourth-order valence-electron chi connectivity index (χ4n) is 2.31. The molecule has 0 saturated carbocycles. The smallest absolute Gasteiger partial charge is 0.248 e. The van der Waals surface area contributed by atoms with Crippen LogP contribution in [0, 0.1) is 17.6 Å². The molecule has 1 aromatic carbocycles. The van der Waals surface area contributed by atoms with Gasteiger partial charge >= 0.3 is 0 Å². The molecule has 1 aliphatic rings. The van der Waals surface area contributed by atoms with Crippen molar-refractivity contribution < 1.29 is 4.74 Å². The quantitative estimate of drug-likeness (QED) is 0.797. The molecule has 0 fully saturated rings. The van der Waals surface area contributed by atoms with E-state index < -0.39 is 0 Å². The zero-order valence-corrected chi connectivity index (χ0v) is 10.5. The third-order valence-electron chi connectivity index (χ3n) is 3.06. The van der Waals surface area contributed by atoms with Crippen molar-refractivity contribution >= 4 is 22.7 Å². The zero-order valence-electron chi connectivity index (χ0n) is 9.69. The lowest BCUT2D eigenvalue weighted by atomic mass is 10.0. The predicted molar refractivity (Wildman–Crippen MR) is 70.6 cm³/mol. The number of benzene rings is 1. The first-order chi connectivity index (χ1) is 8.69. The van der Waals surface area contributed by atoms with Crippen LogP contribution in [0.25, 0.3) is 10.9 Å². The molecule has 0 saturated heterocycles. The molecule has 0 spiro atoms. The van der Waals surface area contributed by atoms with Crippen LogP contribution in [0.4, 0.5) is 0 Å². The Morgan fingerprint density at radius 2 is 2.39 bits per heavy atom. The van der Waals surface area contributed by atoms with E-state index in [1.54, 1.807) is 6.07 Å². The third kappa shape index (κ3) is 1.66. The van der Waals surface area contributed by atoms with E-state index in [1.165, 1.54) is 6.07 Å². The van der Waals surface area contributed by atoms with Gasteiger partial charge in [-0.15, -0.1) is 0 Å². The highest BCUT2D eigenvalue weighted by Gasteiger charge is 2.26. The van der Waals surface area contributed by atoms with E-state index in [-0.39, 0.29) is 11.0 Å². The van der Waals surface area contributed by atoms with Crippen LogP contribution in [-0.4, -0.2) is 10.4 Å². The molecule has 0 aliphatic carbocycles. The minimum atomic E-state index is -0.151.